The number of hydrogen-bond donors (Lipinski definition) is 1. The van der Waals surface area contributed by atoms with Crippen molar-refractivity contribution in [3.8, 4) is 23.2 Å². The minimum atomic E-state index is -0.381. The van der Waals surface area contributed by atoms with Crippen LogP contribution in [0.3, 0.4) is 0 Å². The van der Waals surface area contributed by atoms with Gasteiger partial charge in [-0.1, -0.05) is 36.4 Å². The standard InChI is InChI=1S/C25H19N5O3/c1-2-32-25(31)17-11-8-12-18(15-17)26-21-19-13-6-7-14-20(19)27-22(28-21)24-30-29-23(33-24)16-9-4-3-5-10-16/h3-15H,2H2,1H3,(H,26,27,28). The molecule has 8 nitrogen and oxygen atoms in total. The lowest BCUT2D eigenvalue weighted by Gasteiger charge is -2.11. The van der Waals surface area contributed by atoms with E-state index in [0.717, 1.165) is 10.9 Å². The van der Waals surface area contributed by atoms with Crippen LogP contribution in [0.25, 0.3) is 34.1 Å². The molecule has 0 radical (unpaired) electrons. The number of carbonyl (C=O) groups excluding carboxylic acids is 1. The van der Waals surface area contributed by atoms with Gasteiger partial charge in [-0.2, -0.15) is 0 Å². The van der Waals surface area contributed by atoms with Gasteiger partial charge in [0.2, 0.25) is 11.7 Å². The number of rotatable bonds is 6. The van der Waals surface area contributed by atoms with Crippen molar-refractivity contribution in [2.24, 2.45) is 0 Å². The van der Waals surface area contributed by atoms with Crippen LogP contribution in [0.1, 0.15) is 17.3 Å². The molecule has 0 amide bonds. The van der Waals surface area contributed by atoms with Crippen molar-refractivity contribution < 1.29 is 13.9 Å². The van der Waals surface area contributed by atoms with Gasteiger partial charge in [0.1, 0.15) is 5.82 Å². The van der Waals surface area contributed by atoms with Gasteiger partial charge in [-0.15, -0.1) is 10.2 Å². The Morgan fingerprint density at radius 2 is 1.70 bits per heavy atom. The number of anilines is 2. The third-order valence-electron chi connectivity index (χ3n) is 4.88. The maximum atomic E-state index is 12.1. The fourth-order valence-corrected chi connectivity index (χ4v) is 3.35. The SMILES string of the molecule is CCOC(=O)c1cccc(Nc2nc(-c3nnc(-c4ccccc4)o3)nc3ccccc23)c1. The van der Waals surface area contributed by atoms with Crippen LogP contribution in [-0.4, -0.2) is 32.7 Å². The van der Waals surface area contributed by atoms with Gasteiger partial charge in [0.25, 0.3) is 5.89 Å². The average molecular weight is 437 g/mol. The van der Waals surface area contributed by atoms with Crippen molar-refractivity contribution in [3.05, 3.63) is 84.4 Å². The second-order valence-electron chi connectivity index (χ2n) is 7.12. The van der Waals surface area contributed by atoms with Gasteiger partial charge in [-0.3, -0.25) is 0 Å². The Bertz CT molecular complexity index is 1430. The van der Waals surface area contributed by atoms with Crippen molar-refractivity contribution in [3.63, 3.8) is 0 Å². The minimum Gasteiger partial charge on any atom is -0.462 e. The summed E-state index contributed by atoms with van der Waals surface area (Å²) in [7, 11) is 0. The van der Waals surface area contributed by atoms with Crippen LogP contribution >= 0.6 is 0 Å². The van der Waals surface area contributed by atoms with E-state index in [1.165, 1.54) is 0 Å². The molecule has 162 valence electrons. The van der Waals surface area contributed by atoms with Gasteiger partial charge >= 0.3 is 5.97 Å². The van der Waals surface area contributed by atoms with E-state index in [0.29, 0.717) is 40.9 Å². The summed E-state index contributed by atoms with van der Waals surface area (Å²) < 4.78 is 11.0. The fourth-order valence-electron chi connectivity index (χ4n) is 3.35. The third kappa shape index (κ3) is 4.27. The molecule has 0 aliphatic carbocycles. The molecule has 3 aromatic carbocycles. The number of nitrogens with zero attached hydrogens (tertiary/aromatic N) is 4. The van der Waals surface area contributed by atoms with E-state index in [9.17, 15) is 4.79 Å². The Labute approximate surface area is 189 Å². The maximum absolute atomic E-state index is 12.1. The third-order valence-corrected chi connectivity index (χ3v) is 4.88. The highest BCUT2D eigenvalue weighted by Crippen LogP contribution is 2.28. The Morgan fingerprint density at radius 3 is 2.55 bits per heavy atom. The fraction of sp³-hybridized carbons (Fsp3) is 0.0800. The highest BCUT2D eigenvalue weighted by atomic mass is 16.5. The van der Waals surface area contributed by atoms with E-state index in [-0.39, 0.29) is 11.9 Å². The zero-order valence-corrected chi connectivity index (χ0v) is 17.7. The number of ether oxygens (including phenoxy) is 1. The Hall–Kier alpha value is -4.59. The molecule has 0 spiro atoms. The first-order valence-electron chi connectivity index (χ1n) is 10.4. The molecule has 5 aromatic rings. The second kappa shape index (κ2) is 8.88. The predicted molar refractivity (Wildman–Crippen MR) is 124 cm³/mol. The lowest BCUT2D eigenvalue weighted by Crippen LogP contribution is -2.05. The Morgan fingerprint density at radius 1 is 0.909 bits per heavy atom. The number of benzene rings is 3. The van der Waals surface area contributed by atoms with Crippen molar-refractivity contribution >= 4 is 28.4 Å². The van der Waals surface area contributed by atoms with Gasteiger partial charge in [0.05, 0.1) is 17.7 Å². The van der Waals surface area contributed by atoms with Crippen LogP contribution in [0.2, 0.25) is 0 Å². The summed E-state index contributed by atoms with van der Waals surface area (Å²) in [6, 6.07) is 24.2. The van der Waals surface area contributed by atoms with E-state index < -0.39 is 0 Å². The van der Waals surface area contributed by atoms with Gasteiger partial charge in [-0.05, 0) is 49.4 Å². The van der Waals surface area contributed by atoms with Crippen LogP contribution in [0.15, 0.2) is 83.3 Å². The van der Waals surface area contributed by atoms with Gasteiger partial charge in [-0.25, -0.2) is 14.8 Å². The summed E-state index contributed by atoms with van der Waals surface area (Å²) >= 11 is 0. The topological polar surface area (TPSA) is 103 Å². The number of esters is 1. The molecule has 2 aromatic heterocycles. The van der Waals surface area contributed by atoms with Crippen molar-refractivity contribution in [2.75, 3.05) is 11.9 Å². The molecule has 0 saturated heterocycles. The second-order valence-corrected chi connectivity index (χ2v) is 7.12. The van der Waals surface area contributed by atoms with Crippen LogP contribution < -0.4 is 5.32 Å². The van der Waals surface area contributed by atoms with E-state index in [1.807, 2.05) is 60.7 Å². The zero-order valence-electron chi connectivity index (χ0n) is 17.7. The monoisotopic (exact) mass is 437 g/mol. The molecule has 0 bridgehead atoms. The van der Waals surface area contributed by atoms with Crippen LogP contribution in [0, 0.1) is 0 Å². The highest BCUT2D eigenvalue weighted by molar-refractivity contribution is 5.93. The summed E-state index contributed by atoms with van der Waals surface area (Å²) in [5, 5.41) is 12.4. The quantitative estimate of drug-likeness (QED) is 0.359. The smallest absolute Gasteiger partial charge is 0.338 e. The van der Waals surface area contributed by atoms with Crippen molar-refractivity contribution in [1.82, 2.24) is 20.2 Å². The summed E-state index contributed by atoms with van der Waals surface area (Å²) in [5.41, 5.74) is 2.66. The molecule has 0 atom stereocenters. The molecule has 1 N–H and O–H groups in total. The van der Waals surface area contributed by atoms with Crippen LogP contribution in [0.4, 0.5) is 11.5 Å². The number of carbonyl (C=O) groups is 1. The molecule has 0 saturated carbocycles. The summed E-state index contributed by atoms with van der Waals surface area (Å²) in [4.78, 5) is 21.4. The Balaban J connectivity index is 1.53. The molecular weight excluding hydrogens is 418 g/mol. The average Bonchev–Trinajstić information content (AvgIpc) is 3.35. The predicted octanol–water partition coefficient (Wildman–Crippen LogP) is 5.27. The lowest BCUT2D eigenvalue weighted by atomic mass is 10.2. The molecule has 8 heteroatoms. The Kier molecular flexibility index (Phi) is 5.47. The normalized spacial score (nSPS) is 10.8. The first-order chi connectivity index (χ1) is 16.2. The summed E-state index contributed by atoms with van der Waals surface area (Å²) in [5.74, 6) is 1.07. The lowest BCUT2D eigenvalue weighted by molar-refractivity contribution is 0.0526. The van der Waals surface area contributed by atoms with E-state index >= 15 is 0 Å². The number of aromatic nitrogens is 4. The number of hydrogen-bond acceptors (Lipinski definition) is 8. The summed E-state index contributed by atoms with van der Waals surface area (Å²) in [6.45, 7) is 2.08. The van der Waals surface area contributed by atoms with Crippen LogP contribution in [0.5, 0.6) is 0 Å². The molecule has 5 rings (SSSR count). The number of nitrogens with one attached hydrogen (secondary N) is 1. The number of fused-ring (bicyclic) bond motifs is 1. The van der Waals surface area contributed by atoms with Crippen molar-refractivity contribution in [2.45, 2.75) is 6.92 Å². The van der Waals surface area contributed by atoms with Crippen molar-refractivity contribution in [1.29, 1.82) is 0 Å². The van der Waals surface area contributed by atoms with Gasteiger partial charge < -0.3 is 14.5 Å². The van der Waals surface area contributed by atoms with E-state index in [2.05, 4.69) is 25.5 Å². The zero-order chi connectivity index (χ0) is 22.6. The maximum Gasteiger partial charge on any atom is 0.338 e. The summed E-state index contributed by atoms with van der Waals surface area (Å²) in [6.07, 6.45) is 0. The minimum absolute atomic E-state index is 0.211. The molecule has 0 unspecified atom stereocenters. The largest absolute Gasteiger partial charge is 0.462 e. The first-order valence-corrected chi connectivity index (χ1v) is 10.4. The number of para-hydroxylation sites is 1. The molecule has 0 aliphatic heterocycles. The molecule has 2 heterocycles. The van der Waals surface area contributed by atoms with Gasteiger partial charge in [0, 0.05) is 16.6 Å². The highest BCUT2D eigenvalue weighted by Gasteiger charge is 2.16. The van der Waals surface area contributed by atoms with E-state index in [4.69, 9.17) is 9.15 Å². The first kappa shape index (κ1) is 20.3. The van der Waals surface area contributed by atoms with Gasteiger partial charge in [0.15, 0.2) is 0 Å². The molecular formula is C25H19N5O3. The molecule has 0 fully saturated rings. The molecule has 0 aliphatic rings. The van der Waals surface area contributed by atoms with Crippen LogP contribution in [-0.2, 0) is 4.74 Å². The molecule has 33 heavy (non-hydrogen) atoms. The van der Waals surface area contributed by atoms with E-state index in [1.54, 1.807) is 25.1 Å².